The average Bonchev–Trinajstić information content (AvgIpc) is 2.71. The van der Waals surface area contributed by atoms with Gasteiger partial charge in [-0.2, -0.15) is 0 Å². The van der Waals surface area contributed by atoms with Crippen molar-refractivity contribution in [2.75, 3.05) is 19.8 Å². The number of carbonyl (C=O) groups excluding carboxylic acids is 2. The van der Waals surface area contributed by atoms with Gasteiger partial charge >= 0.3 is 0 Å². The van der Waals surface area contributed by atoms with E-state index in [2.05, 4.69) is 5.32 Å². The van der Waals surface area contributed by atoms with Crippen LogP contribution in [-0.2, 0) is 14.3 Å². The molecule has 0 aromatic carbocycles. The minimum atomic E-state index is -0.763. The molecule has 2 rings (SSSR count). The van der Waals surface area contributed by atoms with E-state index in [1.807, 2.05) is 13.8 Å². The second-order valence-corrected chi connectivity index (χ2v) is 5.42. The molecule has 5 nitrogen and oxygen atoms in total. The van der Waals surface area contributed by atoms with Crippen molar-refractivity contribution in [1.82, 2.24) is 10.2 Å². The zero-order chi connectivity index (χ0) is 12.7. The molecule has 0 aliphatic carbocycles. The van der Waals surface area contributed by atoms with Crippen molar-refractivity contribution in [2.45, 2.75) is 44.7 Å². The SMILES string of the molecule is CCC1(C)NC(=O)CN(C2(C)CCOC2)C1=O. The standard InChI is InChI=1S/C12H20N2O3/c1-4-12(3)10(16)14(7-9(15)13-12)11(2)5-6-17-8-11/h4-8H2,1-3H3,(H,13,15). The van der Waals surface area contributed by atoms with E-state index in [-0.39, 0.29) is 23.9 Å². The maximum Gasteiger partial charge on any atom is 0.249 e. The second-order valence-electron chi connectivity index (χ2n) is 5.42. The van der Waals surface area contributed by atoms with Crippen molar-refractivity contribution in [2.24, 2.45) is 0 Å². The van der Waals surface area contributed by atoms with Crippen LogP contribution in [0.1, 0.15) is 33.6 Å². The first-order valence-corrected chi connectivity index (χ1v) is 6.12. The van der Waals surface area contributed by atoms with E-state index in [1.54, 1.807) is 11.8 Å². The molecule has 0 bridgehead atoms. The van der Waals surface area contributed by atoms with Gasteiger partial charge in [0.1, 0.15) is 12.1 Å². The summed E-state index contributed by atoms with van der Waals surface area (Å²) in [5.74, 6) is -0.0744. The normalized spacial score (nSPS) is 38.4. The lowest BCUT2D eigenvalue weighted by molar-refractivity contribution is -0.155. The number of amides is 2. The van der Waals surface area contributed by atoms with Crippen LogP contribution >= 0.6 is 0 Å². The van der Waals surface area contributed by atoms with Gasteiger partial charge in [-0.15, -0.1) is 0 Å². The quantitative estimate of drug-likeness (QED) is 0.755. The molecule has 96 valence electrons. The Morgan fingerprint density at radius 1 is 1.41 bits per heavy atom. The molecule has 0 spiro atoms. The van der Waals surface area contributed by atoms with Crippen molar-refractivity contribution >= 4 is 11.8 Å². The van der Waals surface area contributed by atoms with Gasteiger partial charge in [0.25, 0.3) is 0 Å². The van der Waals surface area contributed by atoms with Crippen molar-refractivity contribution in [1.29, 1.82) is 0 Å². The molecule has 2 saturated heterocycles. The van der Waals surface area contributed by atoms with Gasteiger partial charge in [0.2, 0.25) is 11.8 Å². The third-order valence-corrected chi connectivity index (χ3v) is 3.99. The van der Waals surface area contributed by atoms with Gasteiger partial charge < -0.3 is 15.0 Å². The highest BCUT2D eigenvalue weighted by molar-refractivity contribution is 5.98. The number of hydrogen-bond acceptors (Lipinski definition) is 3. The van der Waals surface area contributed by atoms with Crippen LogP contribution in [0.2, 0.25) is 0 Å². The fraction of sp³-hybridized carbons (Fsp3) is 0.833. The van der Waals surface area contributed by atoms with Crippen molar-refractivity contribution in [3.8, 4) is 0 Å². The minimum absolute atomic E-state index is 0.00704. The highest BCUT2D eigenvalue weighted by atomic mass is 16.5. The largest absolute Gasteiger partial charge is 0.379 e. The molecule has 2 aliphatic heterocycles. The third-order valence-electron chi connectivity index (χ3n) is 3.99. The van der Waals surface area contributed by atoms with Crippen LogP contribution in [-0.4, -0.2) is 47.6 Å². The lowest BCUT2D eigenvalue weighted by atomic mass is 9.89. The van der Waals surface area contributed by atoms with Crippen molar-refractivity contribution in [3.05, 3.63) is 0 Å². The molecular weight excluding hydrogens is 220 g/mol. The Morgan fingerprint density at radius 2 is 2.12 bits per heavy atom. The Labute approximate surface area is 101 Å². The summed E-state index contributed by atoms with van der Waals surface area (Å²) >= 11 is 0. The molecule has 5 heteroatoms. The summed E-state index contributed by atoms with van der Waals surface area (Å²) in [5, 5.41) is 2.79. The Hall–Kier alpha value is -1.10. The van der Waals surface area contributed by atoms with Crippen LogP contribution in [0, 0.1) is 0 Å². The van der Waals surface area contributed by atoms with Gasteiger partial charge in [-0.1, -0.05) is 6.92 Å². The van der Waals surface area contributed by atoms with E-state index in [0.29, 0.717) is 19.6 Å². The monoisotopic (exact) mass is 240 g/mol. The number of piperazine rings is 1. The number of nitrogens with one attached hydrogen (secondary N) is 1. The zero-order valence-electron chi connectivity index (χ0n) is 10.7. The molecule has 2 atom stereocenters. The molecule has 1 N–H and O–H groups in total. The molecule has 2 amide bonds. The Morgan fingerprint density at radius 3 is 2.65 bits per heavy atom. The topological polar surface area (TPSA) is 58.6 Å². The number of ether oxygens (including phenoxy) is 1. The highest BCUT2D eigenvalue weighted by Gasteiger charge is 2.49. The van der Waals surface area contributed by atoms with E-state index < -0.39 is 5.54 Å². The van der Waals surface area contributed by atoms with Crippen LogP contribution in [0.5, 0.6) is 0 Å². The average molecular weight is 240 g/mol. The Kier molecular flexibility index (Phi) is 2.89. The van der Waals surface area contributed by atoms with Crippen molar-refractivity contribution in [3.63, 3.8) is 0 Å². The summed E-state index contributed by atoms with van der Waals surface area (Å²) in [4.78, 5) is 25.9. The fourth-order valence-electron chi connectivity index (χ4n) is 2.46. The van der Waals surface area contributed by atoms with E-state index in [1.165, 1.54) is 0 Å². The zero-order valence-corrected chi connectivity index (χ0v) is 10.7. The molecular formula is C12H20N2O3. The predicted molar refractivity (Wildman–Crippen MR) is 62.4 cm³/mol. The van der Waals surface area contributed by atoms with Crippen molar-refractivity contribution < 1.29 is 14.3 Å². The van der Waals surface area contributed by atoms with E-state index in [9.17, 15) is 9.59 Å². The van der Waals surface area contributed by atoms with Crippen LogP contribution in [0.25, 0.3) is 0 Å². The number of nitrogens with zero attached hydrogens (tertiary/aromatic N) is 1. The van der Waals surface area contributed by atoms with E-state index >= 15 is 0 Å². The van der Waals surface area contributed by atoms with Crippen LogP contribution < -0.4 is 5.32 Å². The first-order chi connectivity index (χ1) is 7.91. The molecule has 2 aliphatic rings. The third kappa shape index (κ3) is 1.92. The van der Waals surface area contributed by atoms with Gasteiger partial charge in [-0.05, 0) is 26.7 Å². The van der Waals surface area contributed by atoms with E-state index in [4.69, 9.17) is 4.74 Å². The lowest BCUT2D eigenvalue weighted by Crippen LogP contribution is -2.69. The summed E-state index contributed by atoms with van der Waals surface area (Å²) in [7, 11) is 0. The first-order valence-electron chi connectivity index (χ1n) is 6.12. The summed E-state index contributed by atoms with van der Waals surface area (Å²) in [6.45, 7) is 7.02. The Bertz CT molecular complexity index is 350. The molecule has 0 aromatic rings. The van der Waals surface area contributed by atoms with E-state index in [0.717, 1.165) is 6.42 Å². The fourth-order valence-corrected chi connectivity index (χ4v) is 2.46. The second kappa shape index (κ2) is 3.98. The summed E-state index contributed by atoms with van der Waals surface area (Å²) in [5.41, 5.74) is -1.09. The predicted octanol–water partition coefficient (Wildman–Crippen LogP) is 0.292. The van der Waals surface area contributed by atoms with Crippen LogP contribution in [0.15, 0.2) is 0 Å². The molecule has 2 fully saturated rings. The van der Waals surface area contributed by atoms with Crippen LogP contribution in [0.4, 0.5) is 0 Å². The number of carbonyl (C=O) groups is 2. The highest BCUT2D eigenvalue weighted by Crippen LogP contribution is 2.30. The maximum atomic E-state index is 12.5. The lowest BCUT2D eigenvalue weighted by Gasteiger charge is -2.46. The van der Waals surface area contributed by atoms with Gasteiger partial charge in [0.15, 0.2) is 0 Å². The van der Waals surface area contributed by atoms with Gasteiger partial charge in [-0.3, -0.25) is 9.59 Å². The number of hydrogen-bond donors (Lipinski definition) is 1. The maximum absolute atomic E-state index is 12.5. The smallest absolute Gasteiger partial charge is 0.249 e. The molecule has 0 saturated carbocycles. The molecule has 17 heavy (non-hydrogen) atoms. The van der Waals surface area contributed by atoms with Gasteiger partial charge in [-0.25, -0.2) is 0 Å². The van der Waals surface area contributed by atoms with Gasteiger partial charge in [0, 0.05) is 6.61 Å². The summed E-state index contributed by atoms with van der Waals surface area (Å²) in [6, 6.07) is 0. The molecule has 2 unspecified atom stereocenters. The molecule has 0 aromatic heterocycles. The Balaban J connectivity index is 2.27. The first kappa shape index (κ1) is 12.4. The minimum Gasteiger partial charge on any atom is -0.379 e. The molecule has 2 heterocycles. The van der Waals surface area contributed by atoms with Gasteiger partial charge in [0.05, 0.1) is 12.1 Å². The summed E-state index contributed by atoms with van der Waals surface area (Å²) in [6.07, 6.45) is 1.40. The van der Waals surface area contributed by atoms with Crippen LogP contribution in [0.3, 0.4) is 0 Å². The molecule has 0 radical (unpaired) electrons. The number of rotatable bonds is 2. The summed E-state index contributed by atoms with van der Waals surface area (Å²) < 4.78 is 5.37.